The molecule has 0 atom stereocenters. The van der Waals surface area contributed by atoms with Gasteiger partial charge in [0.15, 0.2) is 17.1 Å². The average Bonchev–Trinajstić information content (AvgIpc) is 2.82. The van der Waals surface area contributed by atoms with Crippen molar-refractivity contribution >= 4 is 17.1 Å². The van der Waals surface area contributed by atoms with Crippen LogP contribution in [-0.4, -0.2) is 31.2 Å². The number of rotatable bonds is 4. The zero-order valence-electron chi connectivity index (χ0n) is 11.4. The molecule has 0 aromatic carbocycles. The molecule has 0 amide bonds. The van der Waals surface area contributed by atoms with E-state index < -0.39 is 5.69 Å². The maximum absolute atomic E-state index is 12.1. The van der Waals surface area contributed by atoms with Gasteiger partial charge in [0.25, 0.3) is 5.56 Å². The lowest BCUT2D eigenvalue weighted by atomic mass is 10.4. The molecule has 0 saturated carbocycles. The summed E-state index contributed by atoms with van der Waals surface area (Å²) in [5.74, 6) is 0.0406. The summed E-state index contributed by atoms with van der Waals surface area (Å²) < 4.78 is 4.12. The summed E-state index contributed by atoms with van der Waals surface area (Å²) in [7, 11) is 3.03. The Labute approximate surface area is 114 Å². The Morgan fingerprint density at radius 1 is 1.30 bits per heavy atom. The Bertz CT molecular complexity index is 776. The molecule has 0 aliphatic carbocycles. The van der Waals surface area contributed by atoms with Crippen molar-refractivity contribution in [3.8, 4) is 0 Å². The van der Waals surface area contributed by atoms with Gasteiger partial charge in [-0.05, 0) is 6.42 Å². The molecule has 2 aromatic rings. The molecular weight excluding hydrogens is 262 g/mol. The van der Waals surface area contributed by atoms with Crippen LogP contribution in [0.2, 0.25) is 0 Å². The third-order valence-corrected chi connectivity index (χ3v) is 3.07. The van der Waals surface area contributed by atoms with Gasteiger partial charge in [0.1, 0.15) is 0 Å². The number of aliphatic imine (C=N–C) groups is 1. The van der Waals surface area contributed by atoms with Crippen molar-refractivity contribution in [1.29, 1.82) is 0 Å². The molecule has 2 aromatic heterocycles. The fraction of sp³-hybridized carbons (Fsp3) is 0.455. The van der Waals surface area contributed by atoms with Crippen molar-refractivity contribution in [2.75, 3.05) is 6.54 Å². The Hall–Kier alpha value is -2.58. The first-order chi connectivity index (χ1) is 9.43. The molecule has 0 aliphatic heterocycles. The fourth-order valence-corrected chi connectivity index (χ4v) is 2.02. The quantitative estimate of drug-likeness (QED) is 0.384. The van der Waals surface area contributed by atoms with Gasteiger partial charge in [0.2, 0.25) is 0 Å². The summed E-state index contributed by atoms with van der Waals surface area (Å²) in [6.45, 7) is 1.01. The van der Waals surface area contributed by atoms with Gasteiger partial charge in [-0.2, -0.15) is 0 Å². The number of nitrogens with two attached hydrogens (primary N) is 2. The molecule has 4 N–H and O–H groups in total. The lowest BCUT2D eigenvalue weighted by Gasteiger charge is -2.05. The summed E-state index contributed by atoms with van der Waals surface area (Å²) in [6.07, 6.45) is 2.20. The summed E-state index contributed by atoms with van der Waals surface area (Å²) in [5.41, 5.74) is 10.5. The highest BCUT2D eigenvalue weighted by Crippen LogP contribution is 2.06. The van der Waals surface area contributed by atoms with Crippen molar-refractivity contribution in [1.82, 2.24) is 18.7 Å². The minimum absolute atomic E-state index is 0.0406. The lowest BCUT2D eigenvalue weighted by Crippen LogP contribution is -2.37. The van der Waals surface area contributed by atoms with Crippen molar-refractivity contribution in [2.45, 2.75) is 13.0 Å². The normalized spacial score (nSPS) is 10.9. The summed E-state index contributed by atoms with van der Waals surface area (Å²) in [6, 6.07) is 0. The average molecular weight is 279 g/mol. The smallest absolute Gasteiger partial charge is 0.332 e. The van der Waals surface area contributed by atoms with Crippen molar-refractivity contribution in [3.05, 3.63) is 27.2 Å². The molecule has 0 bridgehead atoms. The molecular formula is C11H17N7O2. The SMILES string of the molecule is Cn1c(=O)c2c(ncn2CCCN=C(N)N)n(C)c1=O. The summed E-state index contributed by atoms with van der Waals surface area (Å²) in [5, 5.41) is 0. The zero-order chi connectivity index (χ0) is 14.9. The minimum Gasteiger partial charge on any atom is -0.370 e. The molecule has 0 spiro atoms. The van der Waals surface area contributed by atoms with E-state index in [1.54, 1.807) is 17.9 Å². The molecule has 9 nitrogen and oxygen atoms in total. The van der Waals surface area contributed by atoms with Crippen molar-refractivity contribution < 1.29 is 0 Å². The number of aryl methyl sites for hydroxylation is 2. The van der Waals surface area contributed by atoms with Crippen LogP contribution in [0.3, 0.4) is 0 Å². The van der Waals surface area contributed by atoms with Crippen LogP contribution < -0.4 is 22.7 Å². The monoisotopic (exact) mass is 279 g/mol. The van der Waals surface area contributed by atoms with Gasteiger partial charge in [-0.15, -0.1) is 0 Å². The number of imidazole rings is 1. The maximum atomic E-state index is 12.1. The van der Waals surface area contributed by atoms with Gasteiger partial charge in [-0.25, -0.2) is 9.78 Å². The molecule has 2 rings (SSSR count). The highest BCUT2D eigenvalue weighted by atomic mass is 16.2. The van der Waals surface area contributed by atoms with Gasteiger partial charge in [-0.3, -0.25) is 18.9 Å². The minimum atomic E-state index is -0.395. The highest BCUT2D eigenvalue weighted by molar-refractivity contribution is 5.75. The van der Waals surface area contributed by atoms with Crippen molar-refractivity contribution in [3.63, 3.8) is 0 Å². The number of hydrogen-bond donors (Lipinski definition) is 2. The van der Waals surface area contributed by atoms with Crippen LogP contribution >= 0.6 is 0 Å². The van der Waals surface area contributed by atoms with E-state index in [-0.39, 0.29) is 11.5 Å². The lowest BCUT2D eigenvalue weighted by molar-refractivity contribution is 0.655. The number of guanidine groups is 1. The molecule has 2 heterocycles. The molecule has 0 saturated heterocycles. The number of fused-ring (bicyclic) bond motifs is 1. The number of nitrogens with zero attached hydrogens (tertiary/aromatic N) is 5. The van der Waals surface area contributed by atoms with Crippen LogP contribution in [0.25, 0.3) is 11.2 Å². The van der Waals surface area contributed by atoms with E-state index in [0.717, 1.165) is 4.57 Å². The van der Waals surface area contributed by atoms with E-state index in [2.05, 4.69) is 9.98 Å². The molecule has 0 radical (unpaired) electrons. The van der Waals surface area contributed by atoms with E-state index >= 15 is 0 Å². The second kappa shape index (κ2) is 5.19. The molecule has 0 aliphatic rings. The highest BCUT2D eigenvalue weighted by Gasteiger charge is 2.13. The van der Waals surface area contributed by atoms with Gasteiger partial charge in [-0.1, -0.05) is 0 Å². The zero-order valence-corrected chi connectivity index (χ0v) is 11.4. The standard InChI is InChI=1S/C11H17N7O2/c1-16-8-7(9(19)17(2)11(16)20)18(6-15-8)5-3-4-14-10(12)13/h6H,3-5H2,1-2H3,(H4,12,13,14). The predicted molar refractivity (Wildman–Crippen MR) is 75.5 cm³/mol. The van der Waals surface area contributed by atoms with Crippen LogP contribution in [-0.2, 0) is 20.6 Å². The van der Waals surface area contributed by atoms with Crippen LogP contribution in [0.4, 0.5) is 0 Å². The molecule has 108 valence electrons. The van der Waals surface area contributed by atoms with E-state index in [4.69, 9.17) is 11.5 Å². The Kier molecular flexibility index (Phi) is 3.59. The van der Waals surface area contributed by atoms with Gasteiger partial charge >= 0.3 is 5.69 Å². The second-order valence-corrected chi connectivity index (χ2v) is 4.48. The van der Waals surface area contributed by atoms with Gasteiger partial charge in [0.05, 0.1) is 6.33 Å². The topological polar surface area (TPSA) is 126 Å². The first-order valence-electron chi connectivity index (χ1n) is 6.09. The largest absolute Gasteiger partial charge is 0.370 e. The van der Waals surface area contributed by atoms with Crippen LogP contribution in [0.5, 0.6) is 0 Å². The maximum Gasteiger partial charge on any atom is 0.332 e. The van der Waals surface area contributed by atoms with Crippen LogP contribution in [0.15, 0.2) is 20.9 Å². The molecule has 0 fully saturated rings. The Balaban J connectivity index is 2.40. The third-order valence-electron chi connectivity index (χ3n) is 3.07. The Morgan fingerprint density at radius 2 is 2.00 bits per heavy atom. The van der Waals surface area contributed by atoms with Gasteiger partial charge < -0.3 is 16.0 Å². The first-order valence-corrected chi connectivity index (χ1v) is 6.09. The molecule has 20 heavy (non-hydrogen) atoms. The first kappa shape index (κ1) is 13.8. The third kappa shape index (κ3) is 2.29. The Morgan fingerprint density at radius 3 is 2.65 bits per heavy atom. The predicted octanol–water partition coefficient (Wildman–Crippen LogP) is -1.90. The number of aromatic nitrogens is 4. The molecule has 0 unspecified atom stereocenters. The number of hydrogen-bond acceptors (Lipinski definition) is 4. The summed E-state index contributed by atoms with van der Waals surface area (Å²) in [4.78, 5) is 31.9. The van der Waals surface area contributed by atoms with E-state index in [9.17, 15) is 9.59 Å². The van der Waals surface area contributed by atoms with E-state index in [0.29, 0.717) is 30.7 Å². The fourth-order valence-electron chi connectivity index (χ4n) is 2.02. The summed E-state index contributed by atoms with van der Waals surface area (Å²) >= 11 is 0. The second-order valence-electron chi connectivity index (χ2n) is 4.48. The van der Waals surface area contributed by atoms with Crippen LogP contribution in [0.1, 0.15) is 6.42 Å². The van der Waals surface area contributed by atoms with Gasteiger partial charge in [0, 0.05) is 27.2 Å². The molecule has 9 heteroatoms. The van der Waals surface area contributed by atoms with Crippen molar-refractivity contribution in [2.24, 2.45) is 30.6 Å². The van der Waals surface area contributed by atoms with Crippen LogP contribution in [0, 0.1) is 0 Å². The van der Waals surface area contributed by atoms with E-state index in [1.807, 2.05) is 0 Å². The van der Waals surface area contributed by atoms with E-state index in [1.165, 1.54) is 11.6 Å².